The molecule has 3 amide bonds. The number of halogens is 1. The number of amides is 3. The summed E-state index contributed by atoms with van der Waals surface area (Å²) in [6, 6.07) is 8.01. The molecule has 0 bridgehead atoms. The number of likely N-dealkylation sites (tertiary alicyclic amines) is 1. The molecule has 2 rings (SSSR count). The van der Waals surface area contributed by atoms with E-state index >= 15 is 0 Å². The first-order chi connectivity index (χ1) is 11.6. The summed E-state index contributed by atoms with van der Waals surface area (Å²) in [6.45, 7) is 4.00. The summed E-state index contributed by atoms with van der Waals surface area (Å²) in [5.41, 5.74) is 1.18. The lowest BCUT2D eigenvalue weighted by molar-refractivity contribution is 0.0957. The molecule has 0 aliphatic carbocycles. The summed E-state index contributed by atoms with van der Waals surface area (Å²) in [7, 11) is 0. The lowest BCUT2D eigenvalue weighted by Gasteiger charge is -2.31. The minimum atomic E-state index is -0.269. The molecule has 2 N–H and O–H groups in total. The van der Waals surface area contributed by atoms with Crippen molar-refractivity contribution in [2.75, 3.05) is 26.2 Å². The first-order valence-corrected chi connectivity index (χ1v) is 9.08. The second-order valence-corrected chi connectivity index (χ2v) is 6.65. The van der Waals surface area contributed by atoms with Gasteiger partial charge in [-0.05, 0) is 43.9 Å². The number of rotatable bonds is 5. The molecule has 1 aliphatic rings. The Hall–Kier alpha value is -1.76. The molecule has 1 aromatic carbocycles. The number of hydrogen-bond donors (Lipinski definition) is 2. The van der Waals surface area contributed by atoms with Crippen LogP contribution in [0.4, 0.5) is 9.59 Å². The standard InChI is InChI=1S/C17H24BrN3O3/c1-2-24-17(23)21-11-8-15(9-12-21)20-16(22)19-10-7-13-3-5-14(18)6-4-13/h3-6,15H,2,7-12H2,1H3,(H2,19,20,22). The van der Waals surface area contributed by atoms with Crippen LogP contribution in [0.3, 0.4) is 0 Å². The summed E-state index contributed by atoms with van der Waals surface area (Å²) in [6.07, 6.45) is 2.02. The van der Waals surface area contributed by atoms with Crippen LogP contribution in [0.25, 0.3) is 0 Å². The number of hydrogen-bond acceptors (Lipinski definition) is 3. The zero-order chi connectivity index (χ0) is 17.4. The predicted molar refractivity (Wildman–Crippen MR) is 96.0 cm³/mol. The van der Waals surface area contributed by atoms with Gasteiger partial charge in [-0.15, -0.1) is 0 Å². The lowest BCUT2D eigenvalue weighted by Crippen LogP contribution is -2.49. The molecule has 0 atom stereocenters. The summed E-state index contributed by atoms with van der Waals surface area (Å²) in [5.74, 6) is 0. The smallest absolute Gasteiger partial charge is 0.409 e. The van der Waals surface area contributed by atoms with E-state index in [4.69, 9.17) is 4.74 Å². The molecule has 1 heterocycles. The highest BCUT2D eigenvalue weighted by molar-refractivity contribution is 9.10. The van der Waals surface area contributed by atoms with Crippen molar-refractivity contribution in [1.29, 1.82) is 0 Å². The molecule has 1 aromatic rings. The Balaban J connectivity index is 1.63. The minimum Gasteiger partial charge on any atom is -0.450 e. The molecule has 1 aliphatic heterocycles. The monoisotopic (exact) mass is 397 g/mol. The highest BCUT2D eigenvalue weighted by Gasteiger charge is 2.24. The Morgan fingerprint density at radius 2 is 1.92 bits per heavy atom. The number of carbonyl (C=O) groups is 2. The SMILES string of the molecule is CCOC(=O)N1CCC(NC(=O)NCCc2ccc(Br)cc2)CC1. The van der Waals surface area contributed by atoms with Crippen molar-refractivity contribution < 1.29 is 14.3 Å². The highest BCUT2D eigenvalue weighted by atomic mass is 79.9. The average Bonchev–Trinajstić information content (AvgIpc) is 2.57. The van der Waals surface area contributed by atoms with Gasteiger partial charge in [-0.1, -0.05) is 28.1 Å². The fourth-order valence-corrected chi connectivity index (χ4v) is 2.89. The summed E-state index contributed by atoms with van der Waals surface area (Å²) in [4.78, 5) is 25.3. The maximum Gasteiger partial charge on any atom is 0.409 e. The predicted octanol–water partition coefficient (Wildman–Crippen LogP) is 2.91. The number of nitrogens with one attached hydrogen (secondary N) is 2. The second-order valence-electron chi connectivity index (χ2n) is 5.74. The van der Waals surface area contributed by atoms with Gasteiger partial charge in [-0.25, -0.2) is 9.59 Å². The molecule has 0 unspecified atom stereocenters. The molecular formula is C17H24BrN3O3. The Morgan fingerprint density at radius 3 is 2.54 bits per heavy atom. The van der Waals surface area contributed by atoms with E-state index in [-0.39, 0.29) is 18.2 Å². The average molecular weight is 398 g/mol. The lowest BCUT2D eigenvalue weighted by atomic mass is 10.1. The van der Waals surface area contributed by atoms with E-state index < -0.39 is 0 Å². The van der Waals surface area contributed by atoms with Crippen LogP contribution in [0.5, 0.6) is 0 Å². The van der Waals surface area contributed by atoms with E-state index in [1.165, 1.54) is 5.56 Å². The fourth-order valence-electron chi connectivity index (χ4n) is 2.63. The molecule has 132 valence electrons. The van der Waals surface area contributed by atoms with Crippen LogP contribution < -0.4 is 10.6 Å². The zero-order valence-electron chi connectivity index (χ0n) is 13.9. The van der Waals surface area contributed by atoms with Gasteiger partial charge < -0.3 is 20.3 Å². The van der Waals surface area contributed by atoms with Gasteiger partial charge in [0.25, 0.3) is 0 Å². The maximum absolute atomic E-state index is 11.9. The van der Waals surface area contributed by atoms with Crippen molar-refractivity contribution in [1.82, 2.24) is 15.5 Å². The number of piperidine rings is 1. The molecule has 1 saturated heterocycles. The van der Waals surface area contributed by atoms with Crippen LogP contribution in [0.15, 0.2) is 28.7 Å². The summed E-state index contributed by atoms with van der Waals surface area (Å²) in [5, 5.41) is 5.85. The normalized spacial score (nSPS) is 15.0. The fraction of sp³-hybridized carbons (Fsp3) is 0.529. The van der Waals surface area contributed by atoms with Crippen molar-refractivity contribution in [3.63, 3.8) is 0 Å². The number of benzene rings is 1. The van der Waals surface area contributed by atoms with Crippen molar-refractivity contribution >= 4 is 28.1 Å². The third kappa shape index (κ3) is 6.03. The van der Waals surface area contributed by atoms with Gasteiger partial charge in [-0.3, -0.25) is 0 Å². The molecule has 24 heavy (non-hydrogen) atoms. The van der Waals surface area contributed by atoms with Crippen molar-refractivity contribution in [2.45, 2.75) is 32.2 Å². The molecule has 0 saturated carbocycles. The van der Waals surface area contributed by atoms with Gasteiger partial charge >= 0.3 is 12.1 Å². The highest BCUT2D eigenvalue weighted by Crippen LogP contribution is 2.12. The minimum absolute atomic E-state index is 0.100. The number of nitrogens with zero attached hydrogens (tertiary/aromatic N) is 1. The van der Waals surface area contributed by atoms with Crippen LogP contribution >= 0.6 is 15.9 Å². The van der Waals surface area contributed by atoms with E-state index in [2.05, 4.69) is 26.6 Å². The first-order valence-electron chi connectivity index (χ1n) is 8.29. The van der Waals surface area contributed by atoms with Crippen molar-refractivity contribution in [3.8, 4) is 0 Å². The Kier molecular flexibility index (Phi) is 7.36. The Morgan fingerprint density at radius 1 is 1.25 bits per heavy atom. The van der Waals surface area contributed by atoms with Crippen LogP contribution in [0, 0.1) is 0 Å². The van der Waals surface area contributed by atoms with Crippen molar-refractivity contribution in [2.24, 2.45) is 0 Å². The molecule has 0 spiro atoms. The van der Waals surface area contributed by atoms with Gasteiger partial charge in [0.15, 0.2) is 0 Å². The van der Waals surface area contributed by atoms with E-state index in [9.17, 15) is 9.59 Å². The van der Waals surface area contributed by atoms with Gasteiger partial charge in [0, 0.05) is 30.1 Å². The number of urea groups is 1. The Bertz CT molecular complexity index is 543. The molecule has 7 heteroatoms. The topological polar surface area (TPSA) is 70.7 Å². The quantitative estimate of drug-likeness (QED) is 0.802. The molecule has 0 aromatic heterocycles. The molecule has 1 fully saturated rings. The van der Waals surface area contributed by atoms with Gasteiger partial charge in [0.1, 0.15) is 0 Å². The van der Waals surface area contributed by atoms with Crippen LogP contribution in [0.2, 0.25) is 0 Å². The third-order valence-electron chi connectivity index (χ3n) is 3.97. The third-order valence-corrected chi connectivity index (χ3v) is 4.50. The molecular weight excluding hydrogens is 374 g/mol. The van der Waals surface area contributed by atoms with E-state index in [0.29, 0.717) is 26.2 Å². The Labute approximate surface area is 151 Å². The molecule has 6 nitrogen and oxygen atoms in total. The summed E-state index contributed by atoms with van der Waals surface area (Å²) >= 11 is 3.40. The van der Waals surface area contributed by atoms with Gasteiger partial charge in [-0.2, -0.15) is 0 Å². The van der Waals surface area contributed by atoms with Gasteiger partial charge in [0.05, 0.1) is 6.61 Å². The molecule has 0 radical (unpaired) electrons. The maximum atomic E-state index is 11.9. The van der Waals surface area contributed by atoms with Crippen LogP contribution in [0.1, 0.15) is 25.3 Å². The van der Waals surface area contributed by atoms with Crippen LogP contribution in [-0.4, -0.2) is 49.3 Å². The van der Waals surface area contributed by atoms with Gasteiger partial charge in [0.2, 0.25) is 0 Å². The number of ether oxygens (including phenoxy) is 1. The van der Waals surface area contributed by atoms with Crippen LogP contribution in [-0.2, 0) is 11.2 Å². The first kappa shape index (κ1) is 18.6. The largest absolute Gasteiger partial charge is 0.450 e. The summed E-state index contributed by atoms with van der Waals surface area (Å²) < 4.78 is 6.03. The second kappa shape index (κ2) is 9.52. The van der Waals surface area contributed by atoms with E-state index in [0.717, 1.165) is 23.7 Å². The van der Waals surface area contributed by atoms with E-state index in [1.54, 1.807) is 11.8 Å². The van der Waals surface area contributed by atoms with E-state index in [1.807, 2.05) is 24.3 Å². The number of carbonyl (C=O) groups excluding carboxylic acids is 2. The zero-order valence-corrected chi connectivity index (χ0v) is 15.5. The van der Waals surface area contributed by atoms with Crippen molar-refractivity contribution in [3.05, 3.63) is 34.3 Å².